The van der Waals surface area contributed by atoms with Crippen molar-refractivity contribution in [1.29, 1.82) is 0 Å². The van der Waals surface area contributed by atoms with Crippen LogP contribution in [0.25, 0.3) is 0 Å². The molecule has 2 N–H and O–H groups in total. The van der Waals surface area contributed by atoms with Gasteiger partial charge in [-0.05, 0) is 50.2 Å². The van der Waals surface area contributed by atoms with Crippen LogP contribution in [-0.4, -0.2) is 22.6 Å². The molecule has 0 aliphatic carbocycles. The molecule has 6 nitrogen and oxygen atoms in total. The van der Waals surface area contributed by atoms with Gasteiger partial charge in [0, 0.05) is 0 Å². The number of amides is 1. The number of carboxylic acids is 1. The molecule has 1 heterocycles. The Kier molecular flexibility index (Phi) is 4.68. The van der Waals surface area contributed by atoms with Crippen molar-refractivity contribution in [2.45, 2.75) is 26.0 Å². The molecule has 0 spiro atoms. The van der Waals surface area contributed by atoms with Gasteiger partial charge in [0.05, 0.1) is 6.54 Å². The maximum absolute atomic E-state index is 12.9. The molecule has 1 amide bonds. The molecular weight excluding hydrogens is 305 g/mol. The van der Waals surface area contributed by atoms with Crippen molar-refractivity contribution in [3.63, 3.8) is 0 Å². The van der Waals surface area contributed by atoms with E-state index in [-0.39, 0.29) is 12.3 Å². The quantitative estimate of drug-likeness (QED) is 0.853. The molecule has 0 unspecified atom stereocenters. The lowest BCUT2D eigenvalue weighted by molar-refractivity contribution is -0.134. The molecule has 0 atom stereocenters. The van der Waals surface area contributed by atoms with Gasteiger partial charge in [0.2, 0.25) is 5.76 Å². The number of aromatic carboxylic acids is 1. The number of carbonyl (C=O) groups excluding carboxylic acids is 1. The number of nitrogens with one attached hydrogen (secondary N) is 1. The third-order valence-corrected chi connectivity index (χ3v) is 3.03. The fourth-order valence-corrected chi connectivity index (χ4v) is 1.81. The van der Waals surface area contributed by atoms with Crippen molar-refractivity contribution in [3.8, 4) is 5.75 Å². The van der Waals surface area contributed by atoms with Gasteiger partial charge in [-0.1, -0.05) is 0 Å². The summed E-state index contributed by atoms with van der Waals surface area (Å²) in [6.45, 7) is 3.16. The first-order valence-corrected chi connectivity index (χ1v) is 6.83. The molecule has 23 heavy (non-hydrogen) atoms. The standard InChI is InChI=1S/C16H16FNO5/c1-16(2,23-11-5-3-10(17)4-6-11)15(21)18-9-12-7-8-13(22-12)14(19)20/h3-8H,9H2,1-2H3,(H,18,21)(H,19,20). The first-order valence-electron chi connectivity index (χ1n) is 6.83. The van der Waals surface area contributed by atoms with Gasteiger partial charge in [-0.15, -0.1) is 0 Å². The summed E-state index contributed by atoms with van der Waals surface area (Å²) < 4.78 is 23.4. The first-order chi connectivity index (χ1) is 10.8. The summed E-state index contributed by atoms with van der Waals surface area (Å²) in [5.41, 5.74) is -1.19. The SMILES string of the molecule is CC(C)(Oc1ccc(F)cc1)C(=O)NCc1ccc(C(=O)O)o1. The number of hydrogen-bond acceptors (Lipinski definition) is 4. The van der Waals surface area contributed by atoms with E-state index in [1.54, 1.807) is 13.8 Å². The zero-order valence-corrected chi connectivity index (χ0v) is 12.6. The smallest absolute Gasteiger partial charge is 0.371 e. The van der Waals surface area contributed by atoms with Gasteiger partial charge >= 0.3 is 5.97 Å². The van der Waals surface area contributed by atoms with Crippen LogP contribution in [0.4, 0.5) is 4.39 Å². The average molecular weight is 321 g/mol. The van der Waals surface area contributed by atoms with E-state index in [4.69, 9.17) is 14.3 Å². The number of halogens is 1. The van der Waals surface area contributed by atoms with E-state index < -0.39 is 23.3 Å². The first kappa shape index (κ1) is 16.5. The number of ether oxygens (including phenoxy) is 1. The fourth-order valence-electron chi connectivity index (χ4n) is 1.81. The number of carboxylic acid groups (broad SMARTS) is 1. The van der Waals surface area contributed by atoms with Gasteiger partial charge in [-0.25, -0.2) is 9.18 Å². The number of hydrogen-bond donors (Lipinski definition) is 2. The van der Waals surface area contributed by atoms with Gasteiger partial charge < -0.3 is 19.6 Å². The monoisotopic (exact) mass is 321 g/mol. The maximum Gasteiger partial charge on any atom is 0.371 e. The number of carbonyl (C=O) groups is 2. The summed E-state index contributed by atoms with van der Waals surface area (Å²) in [7, 11) is 0. The molecule has 0 radical (unpaired) electrons. The summed E-state index contributed by atoms with van der Waals surface area (Å²) in [6, 6.07) is 8.10. The van der Waals surface area contributed by atoms with Crippen molar-refractivity contribution < 1.29 is 28.2 Å². The third kappa shape index (κ3) is 4.32. The predicted molar refractivity (Wildman–Crippen MR) is 78.6 cm³/mol. The molecule has 0 bridgehead atoms. The van der Waals surface area contributed by atoms with E-state index in [2.05, 4.69) is 5.32 Å². The van der Waals surface area contributed by atoms with E-state index >= 15 is 0 Å². The molecule has 0 saturated carbocycles. The molecule has 0 saturated heterocycles. The van der Waals surface area contributed by atoms with Gasteiger partial charge in [-0.3, -0.25) is 4.79 Å². The zero-order valence-electron chi connectivity index (χ0n) is 12.6. The number of furan rings is 1. The van der Waals surface area contributed by atoms with Crippen molar-refractivity contribution in [1.82, 2.24) is 5.32 Å². The summed E-state index contributed by atoms with van der Waals surface area (Å²) in [6.07, 6.45) is 0. The normalized spacial score (nSPS) is 11.1. The molecule has 2 rings (SSSR count). The van der Waals surface area contributed by atoms with Crippen molar-refractivity contribution in [2.24, 2.45) is 0 Å². The Morgan fingerprint density at radius 3 is 2.43 bits per heavy atom. The van der Waals surface area contributed by atoms with Crippen LogP contribution in [0.1, 0.15) is 30.2 Å². The molecule has 122 valence electrons. The van der Waals surface area contributed by atoms with Crippen LogP contribution in [0.3, 0.4) is 0 Å². The van der Waals surface area contributed by atoms with E-state index in [9.17, 15) is 14.0 Å². The summed E-state index contributed by atoms with van der Waals surface area (Å²) in [5, 5.41) is 11.4. The predicted octanol–water partition coefficient (Wildman–Crippen LogP) is 2.59. The lowest BCUT2D eigenvalue weighted by atomic mass is 10.1. The Balaban J connectivity index is 1.94. The lowest BCUT2D eigenvalue weighted by Crippen LogP contribution is -2.46. The molecule has 7 heteroatoms. The van der Waals surface area contributed by atoms with E-state index in [1.807, 2.05) is 0 Å². The molecule has 0 fully saturated rings. The van der Waals surface area contributed by atoms with Crippen LogP contribution < -0.4 is 10.1 Å². The molecule has 1 aromatic heterocycles. The van der Waals surface area contributed by atoms with Crippen LogP contribution in [0.2, 0.25) is 0 Å². The molecular formula is C16H16FNO5. The van der Waals surface area contributed by atoms with Gasteiger partial charge in [0.1, 0.15) is 17.3 Å². The summed E-state index contributed by atoms with van der Waals surface area (Å²) >= 11 is 0. The molecule has 2 aromatic rings. The highest BCUT2D eigenvalue weighted by Crippen LogP contribution is 2.19. The third-order valence-electron chi connectivity index (χ3n) is 3.03. The highest BCUT2D eigenvalue weighted by atomic mass is 19.1. The minimum atomic E-state index is -1.19. The highest BCUT2D eigenvalue weighted by Gasteiger charge is 2.30. The zero-order chi connectivity index (χ0) is 17.0. The highest BCUT2D eigenvalue weighted by molar-refractivity contribution is 5.85. The minimum Gasteiger partial charge on any atom is -0.478 e. The second-order valence-corrected chi connectivity index (χ2v) is 5.32. The van der Waals surface area contributed by atoms with E-state index in [1.165, 1.54) is 36.4 Å². The van der Waals surface area contributed by atoms with Crippen LogP contribution in [-0.2, 0) is 11.3 Å². The Morgan fingerprint density at radius 1 is 1.22 bits per heavy atom. The minimum absolute atomic E-state index is 0.0301. The number of rotatable bonds is 6. The largest absolute Gasteiger partial charge is 0.478 e. The van der Waals surface area contributed by atoms with Gasteiger partial charge in [-0.2, -0.15) is 0 Å². The fraction of sp³-hybridized carbons (Fsp3) is 0.250. The number of benzene rings is 1. The van der Waals surface area contributed by atoms with Crippen LogP contribution >= 0.6 is 0 Å². The van der Waals surface area contributed by atoms with Crippen LogP contribution in [0, 0.1) is 5.82 Å². The van der Waals surface area contributed by atoms with Crippen molar-refractivity contribution in [3.05, 3.63) is 53.7 Å². The van der Waals surface area contributed by atoms with Crippen LogP contribution in [0.15, 0.2) is 40.8 Å². The topological polar surface area (TPSA) is 88.8 Å². The Hall–Kier alpha value is -2.83. The summed E-state index contributed by atoms with van der Waals surface area (Å²) in [4.78, 5) is 22.9. The second-order valence-electron chi connectivity index (χ2n) is 5.32. The Bertz CT molecular complexity index is 706. The Labute approximate surface area is 131 Å². The summed E-state index contributed by atoms with van der Waals surface area (Å²) in [5.74, 6) is -1.52. The van der Waals surface area contributed by atoms with E-state index in [0.717, 1.165) is 0 Å². The van der Waals surface area contributed by atoms with Crippen molar-refractivity contribution >= 4 is 11.9 Å². The average Bonchev–Trinajstić information content (AvgIpc) is 2.96. The van der Waals surface area contributed by atoms with Gasteiger partial charge in [0.15, 0.2) is 5.60 Å². The molecule has 1 aromatic carbocycles. The van der Waals surface area contributed by atoms with Gasteiger partial charge in [0.25, 0.3) is 5.91 Å². The van der Waals surface area contributed by atoms with Crippen LogP contribution in [0.5, 0.6) is 5.75 Å². The van der Waals surface area contributed by atoms with E-state index in [0.29, 0.717) is 11.5 Å². The molecule has 0 aliphatic heterocycles. The second kappa shape index (κ2) is 6.51. The Morgan fingerprint density at radius 2 is 1.87 bits per heavy atom. The molecule has 0 aliphatic rings. The van der Waals surface area contributed by atoms with Crippen molar-refractivity contribution in [2.75, 3.05) is 0 Å². The lowest BCUT2D eigenvalue weighted by Gasteiger charge is -2.25. The maximum atomic E-state index is 12.9.